The molecule has 0 atom stereocenters. The Labute approximate surface area is 53.6 Å². The summed E-state index contributed by atoms with van der Waals surface area (Å²) in [5.41, 5.74) is 0. The summed E-state index contributed by atoms with van der Waals surface area (Å²) in [5, 5.41) is 0. The van der Waals surface area contributed by atoms with Gasteiger partial charge in [-0.3, -0.25) is 4.90 Å². The van der Waals surface area contributed by atoms with Crippen molar-refractivity contribution in [2.75, 3.05) is 26.4 Å². The summed E-state index contributed by atoms with van der Waals surface area (Å²) < 4.78 is 23.7. The molecule has 1 nitrogen and oxygen atoms in total. The lowest BCUT2D eigenvalue weighted by atomic mass is 10.1. The van der Waals surface area contributed by atoms with Crippen molar-refractivity contribution in [2.45, 2.75) is 12.5 Å². The lowest BCUT2D eigenvalue weighted by Crippen LogP contribution is -2.47. The molecule has 9 heavy (non-hydrogen) atoms. The van der Waals surface area contributed by atoms with Crippen molar-refractivity contribution < 1.29 is 8.78 Å². The Balaban J connectivity index is 2.19. The normalized spacial score (nSPS) is 20.3. The van der Waals surface area contributed by atoms with Gasteiger partial charge in [-0.1, -0.05) is 0 Å². The first-order valence-electron chi connectivity index (χ1n) is 3.24. The molecule has 1 aliphatic rings. The zero-order valence-corrected chi connectivity index (χ0v) is 5.32. The third-order valence-electron chi connectivity index (χ3n) is 1.76. The summed E-state index contributed by atoms with van der Waals surface area (Å²) in [6.07, 6.45) is 1.09. The van der Waals surface area contributed by atoms with E-state index in [4.69, 9.17) is 0 Å². The molecule has 0 radical (unpaired) electrons. The first-order chi connectivity index (χ1) is 4.38. The van der Waals surface area contributed by atoms with Gasteiger partial charge < -0.3 is 0 Å². The summed E-state index contributed by atoms with van der Waals surface area (Å²) in [5.74, 6) is 0. The van der Waals surface area contributed by atoms with Crippen LogP contribution < -0.4 is 0 Å². The van der Waals surface area contributed by atoms with Crippen molar-refractivity contribution in [2.24, 2.45) is 0 Å². The molecule has 0 aromatic heterocycles. The van der Waals surface area contributed by atoms with Gasteiger partial charge in [0.05, 0.1) is 6.04 Å². The van der Waals surface area contributed by atoms with E-state index in [9.17, 15) is 8.78 Å². The fourth-order valence-corrected chi connectivity index (χ4v) is 0.942. The molecular weight excluding hydrogens is 124 g/mol. The second-order valence-corrected chi connectivity index (χ2v) is 2.35. The second kappa shape index (κ2) is 3.11. The molecular formula is C6H11F2N. The number of likely N-dealkylation sites (tertiary alicyclic amines) is 1. The van der Waals surface area contributed by atoms with E-state index >= 15 is 0 Å². The highest BCUT2D eigenvalue weighted by Gasteiger charge is 2.23. The first kappa shape index (κ1) is 6.93. The van der Waals surface area contributed by atoms with Crippen molar-refractivity contribution >= 4 is 0 Å². The second-order valence-electron chi connectivity index (χ2n) is 2.35. The monoisotopic (exact) mass is 135 g/mol. The van der Waals surface area contributed by atoms with Gasteiger partial charge >= 0.3 is 0 Å². The van der Waals surface area contributed by atoms with Crippen LogP contribution in [0.3, 0.4) is 0 Å². The molecule has 1 fully saturated rings. The molecule has 0 amide bonds. The fraction of sp³-hybridized carbons (Fsp3) is 1.00. The van der Waals surface area contributed by atoms with E-state index in [0.717, 1.165) is 19.5 Å². The van der Waals surface area contributed by atoms with Gasteiger partial charge in [0.25, 0.3) is 0 Å². The Morgan fingerprint density at radius 2 is 1.78 bits per heavy atom. The van der Waals surface area contributed by atoms with Gasteiger partial charge in [0.2, 0.25) is 0 Å². The minimum absolute atomic E-state index is 0.446. The molecule has 1 heterocycles. The van der Waals surface area contributed by atoms with E-state index in [-0.39, 0.29) is 0 Å². The van der Waals surface area contributed by atoms with Gasteiger partial charge in [0, 0.05) is 0 Å². The molecule has 3 heteroatoms. The van der Waals surface area contributed by atoms with Crippen molar-refractivity contribution in [3.05, 3.63) is 0 Å². The van der Waals surface area contributed by atoms with Crippen LogP contribution in [0.5, 0.6) is 0 Å². The van der Waals surface area contributed by atoms with Crippen molar-refractivity contribution in [3.63, 3.8) is 0 Å². The molecule has 0 N–H and O–H groups in total. The average Bonchev–Trinajstić information content (AvgIpc) is 1.78. The molecule has 0 saturated carbocycles. The van der Waals surface area contributed by atoms with Crippen LogP contribution in [0.2, 0.25) is 0 Å². The molecule has 0 aromatic carbocycles. The van der Waals surface area contributed by atoms with Crippen LogP contribution >= 0.6 is 0 Å². The summed E-state index contributed by atoms with van der Waals surface area (Å²) in [4.78, 5) is 1.83. The predicted molar refractivity (Wildman–Crippen MR) is 31.9 cm³/mol. The van der Waals surface area contributed by atoms with Crippen molar-refractivity contribution in [3.8, 4) is 0 Å². The number of alkyl halides is 2. The SMILES string of the molecule is FCC(CF)N1CCC1. The maximum atomic E-state index is 11.8. The quantitative estimate of drug-likeness (QED) is 0.558. The maximum Gasteiger partial charge on any atom is 0.107 e. The summed E-state index contributed by atoms with van der Waals surface area (Å²) in [6.45, 7) is 0.657. The molecule has 0 aromatic rings. The first-order valence-corrected chi connectivity index (χ1v) is 3.24. The van der Waals surface area contributed by atoms with E-state index in [1.54, 1.807) is 0 Å². The van der Waals surface area contributed by atoms with Crippen LogP contribution in [0.1, 0.15) is 6.42 Å². The van der Waals surface area contributed by atoms with E-state index in [0.29, 0.717) is 0 Å². The van der Waals surface area contributed by atoms with Gasteiger partial charge in [-0.05, 0) is 19.5 Å². The minimum atomic E-state index is -0.545. The molecule has 1 saturated heterocycles. The third kappa shape index (κ3) is 1.39. The van der Waals surface area contributed by atoms with E-state index in [1.165, 1.54) is 0 Å². The van der Waals surface area contributed by atoms with Gasteiger partial charge in [-0.25, -0.2) is 8.78 Å². The average molecular weight is 135 g/mol. The van der Waals surface area contributed by atoms with Crippen LogP contribution in [0, 0.1) is 0 Å². The van der Waals surface area contributed by atoms with Gasteiger partial charge in [0.1, 0.15) is 13.3 Å². The molecule has 0 bridgehead atoms. The van der Waals surface area contributed by atoms with Gasteiger partial charge in [-0.15, -0.1) is 0 Å². The molecule has 1 aliphatic heterocycles. The third-order valence-corrected chi connectivity index (χ3v) is 1.76. The standard InChI is InChI=1S/C6H11F2N/c7-4-6(5-8)9-2-1-3-9/h6H,1-5H2. The largest absolute Gasteiger partial charge is 0.295 e. The van der Waals surface area contributed by atoms with E-state index < -0.39 is 19.4 Å². The number of hydrogen-bond acceptors (Lipinski definition) is 1. The smallest absolute Gasteiger partial charge is 0.107 e. The Morgan fingerprint density at radius 3 is 1.89 bits per heavy atom. The number of rotatable bonds is 3. The topological polar surface area (TPSA) is 3.24 Å². The Bertz CT molecular complexity index is 79.1. The fourth-order valence-electron chi connectivity index (χ4n) is 0.942. The lowest BCUT2D eigenvalue weighted by Gasteiger charge is -2.35. The maximum absolute atomic E-state index is 11.8. The van der Waals surface area contributed by atoms with Crippen LogP contribution in [0.25, 0.3) is 0 Å². The van der Waals surface area contributed by atoms with Crippen molar-refractivity contribution in [1.29, 1.82) is 0 Å². The zero-order chi connectivity index (χ0) is 6.69. The Kier molecular flexibility index (Phi) is 2.39. The molecule has 0 aliphatic carbocycles. The summed E-state index contributed by atoms with van der Waals surface area (Å²) in [6, 6.07) is -0.446. The molecule has 0 spiro atoms. The highest BCUT2D eigenvalue weighted by molar-refractivity contribution is 4.77. The minimum Gasteiger partial charge on any atom is -0.295 e. The number of hydrogen-bond donors (Lipinski definition) is 0. The van der Waals surface area contributed by atoms with Crippen LogP contribution in [0.4, 0.5) is 8.78 Å². The Hall–Kier alpha value is -0.180. The van der Waals surface area contributed by atoms with Crippen LogP contribution in [-0.4, -0.2) is 37.4 Å². The molecule has 54 valence electrons. The highest BCUT2D eigenvalue weighted by Crippen LogP contribution is 2.11. The lowest BCUT2D eigenvalue weighted by molar-refractivity contribution is 0.0806. The van der Waals surface area contributed by atoms with Crippen LogP contribution in [0.15, 0.2) is 0 Å². The summed E-state index contributed by atoms with van der Waals surface area (Å²) >= 11 is 0. The van der Waals surface area contributed by atoms with Gasteiger partial charge in [-0.2, -0.15) is 0 Å². The van der Waals surface area contributed by atoms with E-state index in [1.807, 2.05) is 4.90 Å². The van der Waals surface area contributed by atoms with E-state index in [2.05, 4.69) is 0 Å². The predicted octanol–water partition coefficient (Wildman–Crippen LogP) is 1.000. The molecule has 0 unspecified atom stereocenters. The van der Waals surface area contributed by atoms with Crippen molar-refractivity contribution in [1.82, 2.24) is 4.90 Å². The van der Waals surface area contributed by atoms with Crippen LogP contribution in [-0.2, 0) is 0 Å². The number of nitrogens with zero attached hydrogens (tertiary/aromatic N) is 1. The molecule has 1 rings (SSSR count). The zero-order valence-electron chi connectivity index (χ0n) is 5.32. The number of halogens is 2. The summed E-state index contributed by atoms with van der Waals surface area (Å²) in [7, 11) is 0. The highest BCUT2D eigenvalue weighted by atomic mass is 19.1. The Morgan fingerprint density at radius 1 is 1.22 bits per heavy atom. The van der Waals surface area contributed by atoms with Gasteiger partial charge in [0.15, 0.2) is 0 Å².